The highest BCUT2D eigenvalue weighted by Crippen LogP contribution is 2.30. The van der Waals surface area contributed by atoms with Gasteiger partial charge < -0.3 is 9.32 Å². The Morgan fingerprint density at radius 3 is 3.10 bits per heavy atom. The number of pyridine rings is 1. The highest BCUT2D eigenvalue weighted by Gasteiger charge is 2.24. The van der Waals surface area contributed by atoms with Gasteiger partial charge >= 0.3 is 0 Å². The molecule has 0 radical (unpaired) electrons. The highest BCUT2D eigenvalue weighted by atomic mass is 16.4. The van der Waals surface area contributed by atoms with Crippen LogP contribution in [0.2, 0.25) is 0 Å². The van der Waals surface area contributed by atoms with Gasteiger partial charge in [0, 0.05) is 25.5 Å². The van der Waals surface area contributed by atoms with Gasteiger partial charge in [0.15, 0.2) is 0 Å². The summed E-state index contributed by atoms with van der Waals surface area (Å²) in [6.07, 6.45) is 5.73. The van der Waals surface area contributed by atoms with Crippen molar-refractivity contribution in [2.45, 2.75) is 19.8 Å². The third kappa shape index (κ3) is 2.37. The van der Waals surface area contributed by atoms with Crippen molar-refractivity contribution in [3.8, 4) is 17.5 Å². The lowest BCUT2D eigenvalue weighted by Crippen LogP contribution is -2.34. The molecule has 5 heteroatoms. The van der Waals surface area contributed by atoms with Crippen LogP contribution in [0.1, 0.15) is 25.5 Å². The Balaban J connectivity index is 1.95. The summed E-state index contributed by atoms with van der Waals surface area (Å²) in [4.78, 5) is 10.5. The molecule has 1 aliphatic heterocycles. The van der Waals surface area contributed by atoms with E-state index in [2.05, 4.69) is 27.9 Å². The maximum Gasteiger partial charge on any atom is 0.235 e. The number of rotatable bonds is 2. The van der Waals surface area contributed by atoms with Gasteiger partial charge in [-0.05, 0) is 30.9 Å². The lowest BCUT2D eigenvalue weighted by atomic mass is 10.0. The van der Waals surface area contributed by atoms with Gasteiger partial charge in [0.25, 0.3) is 0 Å². The average molecular weight is 268 g/mol. The molecule has 0 bridgehead atoms. The molecule has 1 aliphatic rings. The monoisotopic (exact) mass is 268 g/mol. The van der Waals surface area contributed by atoms with Gasteiger partial charge in [-0.2, -0.15) is 10.2 Å². The van der Waals surface area contributed by atoms with E-state index in [1.165, 1.54) is 6.42 Å². The minimum atomic E-state index is 0.359. The second kappa shape index (κ2) is 5.33. The molecule has 0 unspecified atom stereocenters. The number of nitrogens with zero attached hydrogens (tertiary/aromatic N) is 4. The Morgan fingerprint density at radius 1 is 1.50 bits per heavy atom. The zero-order valence-corrected chi connectivity index (χ0v) is 11.4. The molecule has 2 aromatic heterocycles. The molecule has 5 nitrogen and oxygen atoms in total. The molecule has 0 N–H and O–H groups in total. The van der Waals surface area contributed by atoms with Crippen LogP contribution in [-0.4, -0.2) is 23.1 Å². The third-order valence-electron chi connectivity index (χ3n) is 3.57. The van der Waals surface area contributed by atoms with E-state index in [1.54, 1.807) is 12.4 Å². The van der Waals surface area contributed by atoms with E-state index < -0.39 is 0 Å². The van der Waals surface area contributed by atoms with Crippen LogP contribution in [0.4, 0.5) is 5.88 Å². The lowest BCUT2D eigenvalue weighted by molar-refractivity contribution is 0.422. The Kier molecular flexibility index (Phi) is 3.38. The van der Waals surface area contributed by atoms with E-state index in [4.69, 9.17) is 4.42 Å². The van der Waals surface area contributed by atoms with Crippen molar-refractivity contribution < 1.29 is 4.42 Å². The van der Waals surface area contributed by atoms with Gasteiger partial charge in [0.05, 0.1) is 5.56 Å². The topological polar surface area (TPSA) is 66.0 Å². The minimum Gasteiger partial charge on any atom is -0.419 e. The molecule has 2 aromatic rings. The molecular formula is C15H16N4O. The molecular weight excluding hydrogens is 252 g/mol. The number of oxazole rings is 1. The van der Waals surface area contributed by atoms with Gasteiger partial charge in [0.1, 0.15) is 6.07 Å². The molecule has 102 valence electrons. The fourth-order valence-electron chi connectivity index (χ4n) is 2.59. The van der Waals surface area contributed by atoms with Crippen molar-refractivity contribution in [1.29, 1.82) is 5.26 Å². The first-order valence-corrected chi connectivity index (χ1v) is 6.84. The van der Waals surface area contributed by atoms with Gasteiger partial charge in [-0.3, -0.25) is 4.98 Å². The standard InChI is InChI=1S/C15H16N4O/c1-11-4-3-7-19(10-11)15-13(8-16)18-14(20-15)12-5-2-6-17-9-12/h2,5-6,9,11H,3-4,7,10H2,1H3/t11-/m1/s1. The Hall–Kier alpha value is -2.35. The summed E-state index contributed by atoms with van der Waals surface area (Å²) in [7, 11) is 0. The molecule has 1 saturated heterocycles. The van der Waals surface area contributed by atoms with Crippen molar-refractivity contribution in [3.05, 3.63) is 30.2 Å². The number of nitriles is 1. The van der Waals surface area contributed by atoms with Crippen molar-refractivity contribution in [1.82, 2.24) is 9.97 Å². The normalized spacial score (nSPS) is 18.8. The van der Waals surface area contributed by atoms with Gasteiger partial charge in [0.2, 0.25) is 17.5 Å². The Labute approximate surface area is 117 Å². The predicted molar refractivity (Wildman–Crippen MR) is 75.1 cm³/mol. The first kappa shape index (κ1) is 12.7. The summed E-state index contributed by atoms with van der Waals surface area (Å²) in [5, 5.41) is 9.26. The van der Waals surface area contributed by atoms with Crippen LogP contribution in [0.15, 0.2) is 28.9 Å². The van der Waals surface area contributed by atoms with Crippen LogP contribution in [0.3, 0.4) is 0 Å². The first-order valence-electron chi connectivity index (χ1n) is 6.84. The quantitative estimate of drug-likeness (QED) is 0.837. The van der Waals surface area contributed by atoms with Crippen molar-refractivity contribution in [2.75, 3.05) is 18.0 Å². The summed E-state index contributed by atoms with van der Waals surface area (Å²) < 4.78 is 5.83. The van der Waals surface area contributed by atoms with Crippen LogP contribution in [0.5, 0.6) is 0 Å². The summed E-state index contributed by atoms with van der Waals surface area (Å²) in [5.41, 5.74) is 1.15. The van der Waals surface area contributed by atoms with E-state index in [0.29, 0.717) is 23.4 Å². The molecule has 0 spiro atoms. The lowest BCUT2D eigenvalue weighted by Gasteiger charge is -2.30. The second-order valence-electron chi connectivity index (χ2n) is 5.22. The molecule has 3 rings (SSSR count). The van der Waals surface area contributed by atoms with Crippen LogP contribution >= 0.6 is 0 Å². The number of aromatic nitrogens is 2. The molecule has 3 heterocycles. The largest absolute Gasteiger partial charge is 0.419 e. The average Bonchev–Trinajstić information content (AvgIpc) is 2.92. The fourth-order valence-corrected chi connectivity index (χ4v) is 2.59. The number of piperidine rings is 1. The molecule has 0 amide bonds. The first-order chi connectivity index (χ1) is 9.78. The Morgan fingerprint density at radius 2 is 2.40 bits per heavy atom. The van der Waals surface area contributed by atoms with Crippen LogP contribution in [-0.2, 0) is 0 Å². The highest BCUT2D eigenvalue weighted by molar-refractivity contribution is 5.58. The van der Waals surface area contributed by atoms with E-state index in [1.807, 2.05) is 12.1 Å². The maximum atomic E-state index is 9.26. The summed E-state index contributed by atoms with van der Waals surface area (Å²) in [5.74, 6) is 1.67. The molecule has 1 fully saturated rings. The van der Waals surface area contributed by atoms with E-state index >= 15 is 0 Å². The van der Waals surface area contributed by atoms with Gasteiger partial charge in [-0.25, -0.2) is 0 Å². The van der Waals surface area contributed by atoms with E-state index in [9.17, 15) is 5.26 Å². The third-order valence-corrected chi connectivity index (χ3v) is 3.57. The maximum absolute atomic E-state index is 9.26. The smallest absolute Gasteiger partial charge is 0.235 e. The number of anilines is 1. The summed E-state index contributed by atoms with van der Waals surface area (Å²) >= 11 is 0. The molecule has 0 aromatic carbocycles. The number of hydrogen-bond donors (Lipinski definition) is 0. The molecule has 0 saturated carbocycles. The predicted octanol–water partition coefficient (Wildman–Crippen LogP) is 2.84. The van der Waals surface area contributed by atoms with Crippen molar-refractivity contribution in [3.63, 3.8) is 0 Å². The SMILES string of the molecule is C[C@@H]1CCCN(c2oc(-c3cccnc3)nc2C#N)C1. The van der Waals surface area contributed by atoms with E-state index in [-0.39, 0.29) is 0 Å². The zero-order valence-electron chi connectivity index (χ0n) is 11.4. The zero-order chi connectivity index (χ0) is 13.9. The van der Waals surface area contributed by atoms with Gasteiger partial charge in [-0.15, -0.1) is 0 Å². The summed E-state index contributed by atoms with van der Waals surface area (Å²) in [6.45, 7) is 4.05. The fraction of sp³-hybridized carbons (Fsp3) is 0.400. The van der Waals surface area contributed by atoms with Crippen LogP contribution in [0.25, 0.3) is 11.5 Å². The van der Waals surface area contributed by atoms with Crippen LogP contribution < -0.4 is 4.90 Å². The minimum absolute atomic E-state index is 0.359. The Bertz CT molecular complexity index is 629. The second-order valence-corrected chi connectivity index (χ2v) is 5.22. The van der Waals surface area contributed by atoms with Gasteiger partial charge in [-0.1, -0.05) is 6.92 Å². The molecule has 20 heavy (non-hydrogen) atoms. The van der Waals surface area contributed by atoms with Crippen LogP contribution in [0, 0.1) is 17.2 Å². The van der Waals surface area contributed by atoms with Crippen molar-refractivity contribution >= 4 is 5.88 Å². The molecule has 0 aliphatic carbocycles. The number of hydrogen-bond acceptors (Lipinski definition) is 5. The molecule has 1 atom stereocenters. The summed E-state index contributed by atoms with van der Waals surface area (Å²) in [6, 6.07) is 5.84. The van der Waals surface area contributed by atoms with E-state index in [0.717, 1.165) is 25.1 Å². The van der Waals surface area contributed by atoms with Crippen molar-refractivity contribution in [2.24, 2.45) is 5.92 Å².